The molecule has 0 aliphatic carbocycles. The van der Waals surface area contributed by atoms with E-state index in [1.165, 1.54) is 4.90 Å². The van der Waals surface area contributed by atoms with Gasteiger partial charge in [-0.3, -0.25) is 4.79 Å². The second-order valence-electron chi connectivity index (χ2n) is 8.14. The molecule has 180 valence electrons. The smallest absolute Gasteiger partial charge is 0.259 e. The lowest BCUT2D eigenvalue weighted by Crippen LogP contribution is -2.50. The van der Waals surface area contributed by atoms with Crippen LogP contribution in [0.5, 0.6) is 0 Å². The number of carbonyl (C=O) groups excluding carboxylic acids is 1. The standard InChI is InChI=1S/C24H20F2N4O4S/c1-15-22-18(14-20(27-23(22)34-28-15)16-5-3-2-4-6-16)24(31)29-9-11-30(12-10-29)35(32,33)21-13-17(25)7-8-19(21)26/h2-8,13-14H,9-12H2,1H3. The number of rotatable bonds is 4. The van der Waals surface area contributed by atoms with Crippen LogP contribution in [0.1, 0.15) is 16.1 Å². The Bertz CT molecular complexity index is 1530. The summed E-state index contributed by atoms with van der Waals surface area (Å²) in [6, 6.07) is 13.3. The zero-order valence-corrected chi connectivity index (χ0v) is 19.4. The summed E-state index contributed by atoms with van der Waals surface area (Å²) in [6.45, 7) is 1.73. The van der Waals surface area contributed by atoms with Crippen molar-refractivity contribution in [3.05, 3.63) is 77.5 Å². The molecule has 5 rings (SSSR count). The van der Waals surface area contributed by atoms with Crippen molar-refractivity contribution in [3.8, 4) is 11.3 Å². The topological polar surface area (TPSA) is 96.6 Å². The van der Waals surface area contributed by atoms with Gasteiger partial charge in [-0.1, -0.05) is 35.5 Å². The maximum atomic E-state index is 14.1. The Hall–Kier alpha value is -3.70. The Kier molecular flexibility index (Phi) is 5.81. The normalized spacial score (nSPS) is 15.0. The first-order chi connectivity index (χ1) is 16.8. The van der Waals surface area contributed by atoms with Crippen LogP contribution in [0.15, 0.2) is 64.0 Å². The first kappa shape index (κ1) is 23.1. The van der Waals surface area contributed by atoms with E-state index >= 15 is 0 Å². The maximum Gasteiger partial charge on any atom is 0.259 e. The number of fused-ring (bicyclic) bond motifs is 1. The lowest BCUT2D eigenvalue weighted by molar-refractivity contribution is 0.0699. The van der Waals surface area contributed by atoms with Gasteiger partial charge < -0.3 is 9.42 Å². The number of halogens is 2. The molecule has 1 amide bonds. The highest BCUT2D eigenvalue weighted by atomic mass is 32.2. The van der Waals surface area contributed by atoms with Crippen molar-refractivity contribution in [1.82, 2.24) is 19.3 Å². The molecule has 2 aromatic carbocycles. The van der Waals surface area contributed by atoms with Crippen molar-refractivity contribution in [3.63, 3.8) is 0 Å². The molecule has 0 bridgehead atoms. The van der Waals surface area contributed by atoms with E-state index in [1.807, 2.05) is 30.3 Å². The van der Waals surface area contributed by atoms with Crippen LogP contribution >= 0.6 is 0 Å². The number of hydrogen-bond acceptors (Lipinski definition) is 6. The number of benzene rings is 2. The second-order valence-corrected chi connectivity index (χ2v) is 10.0. The van der Waals surface area contributed by atoms with Gasteiger partial charge in [-0.05, 0) is 31.2 Å². The van der Waals surface area contributed by atoms with Crippen LogP contribution in [0.25, 0.3) is 22.4 Å². The Morgan fingerprint density at radius 3 is 2.43 bits per heavy atom. The molecule has 1 fully saturated rings. The minimum absolute atomic E-state index is 0.0631. The van der Waals surface area contributed by atoms with Gasteiger partial charge in [0.2, 0.25) is 10.0 Å². The van der Waals surface area contributed by atoms with Crippen LogP contribution in [0.2, 0.25) is 0 Å². The highest BCUT2D eigenvalue weighted by Gasteiger charge is 2.33. The molecular formula is C24H20F2N4O4S. The van der Waals surface area contributed by atoms with Gasteiger partial charge in [-0.15, -0.1) is 0 Å². The van der Waals surface area contributed by atoms with Gasteiger partial charge in [0.15, 0.2) is 0 Å². The SMILES string of the molecule is Cc1noc2nc(-c3ccccc3)cc(C(=O)N3CCN(S(=O)(=O)c4cc(F)ccc4F)CC3)c12. The molecule has 4 aromatic rings. The van der Waals surface area contributed by atoms with Crippen molar-refractivity contribution < 1.29 is 26.5 Å². The summed E-state index contributed by atoms with van der Waals surface area (Å²) < 4.78 is 59.8. The molecule has 1 aliphatic heterocycles. The zero-order chi connectivity index (χ0) is 24.7. The van der Waals surface area contributed by atoms with Crippen LogP contribution in [0.4, 0.5) is 8.78 Å². The lowest BCUT2D eigenvalue weighted by atomic mass is 10.0. The van der Waals surface area contributed by atoms with Crippen molar-refractivity contribution in [2.75, 3.05) is 26.2 Å². The van der Waals surface area contributed by atoms with Gasteiger partial charge in [0, 0.05) is 31.7 Å². The first-order valence-corrected chi connectivity index (χ1v) is 12.3. The molecule has 0 saturated carbocycles. The summed E-state index contributed by atoms with van der Waals surface area (Å²) in [4.78, 5) is 18.8. The van der Waals surface area contributed by atoms with Crippen LogP contribution in [0, 0.1) is 18.6 Å². The van der Waals surface area contributed by atoms with Crippen molar-refractivity contribution in [2.24, 2.45) is 0 Å². The van der Waals surface area contributed by atoms with Crippen LogP contribution in [0.3, 0.4) is 0 Å². The number of piperazine rings is 1. The van der Waals surface area contributed by atoms with E-state index in [0.29, 0.717) is 28.4 Å². The fraction of sp³-hybridized carbons (Fsp3) is 0.208. The van der Waals surface area contributed by atoms with E-state index in [4.69, 9.17) is 4.52 Å². The molecule has 11 heteroatoms. The van der Waals surface area contributed by atoms with E-state index in [9.17, 15) is 22.0 Å². The third kappa shape index (κ3) is 4.17. The Morgan fingerprint density at radius 2 is 1.71 bits per heavy atom. The molecule has 2 aromatic heterocycles. The van der Waals surface area contributed by atoms with E-state index in [2.05, 4.69) is 10.1 Å². The van der Waals surface area contributed by atoms with E-state index in [0.717, 1.165) is 22.0 Å². The molecule has 8 nitrogen and oxygen atoms in total. The Morgan fingerprint density at radius 1 is 1.00 bits per heavy atom. The largest absolute Gasteiger partial charge is 0.336 e. The zero-order valence-electron chi connectivity index (χ0n) is 18.6. The van der Waals surface area contributed by atoms with Crippen molar-refractivity contribution in [1.29, 1.82) is 0 Å². The highest BCUT2D eigenvalue weighted by Crippen LogP contribution is 2.29. The minimum Gasteiger partial charge on any atom is -0.336 e. The summed E-state index contributed by atoms with van der Waals surface area (Å²) in [5.41, 5.74) is 2.43. The lowest BCUT2D eigenvalue weighted by Gasteiger charge is -2.34. The van der Waals surface area contributed by atoms with Crippen molar-refractivity contribution in [2.45, 2.75) is 11.8 Å². The molecule has 1 saturated heterocycles. The molecule has 0 radical (unpaired) electrons. The molecule has 1 aliphatic rings. The Labute approximate surface area is 199 Å². The summed E-state index contributed by atoms with van der Waals surface area (Å²) in [7, 11) is -4.26. The highest BCUT2D eigenvalue weighted by molar-refractivity contribution is 7.89. The monoisotopic (exact) mass is 498 g/mol. The van der Waals surface area contributed by atoms with Gasteiger partial charge >= 0.3 is 0 Å². The third-order valence-corrected chi connectivity index (χ3v) is 7.87. The first-order valence-electron chi connectivity index (χ1n) is 10.8. The molecular weight excluding hydrogens is 478 g/mol. The van der Waals surface area contributed by atoms with Gasteiger partial charge in [-0.25, -0.2) is 22.2 Å². The second kappa shape index (κ2) is 8.82. The number of hydrogen-bond donors (Lipinski definition) is 0. The van der Waals surface area contributed by atoms with Crippen molar-refractivity contribution >= 4 is 27.0 Å². The average Bonchev–Trinajstić information content (AvgIpc) is 3.25. The van der Waals surface area contributed by atoms with Gasteiger partial charge in [0.25, 0.3) is 11.6 Å². The van der Waals surface area contributed by atoms with Gasteiger partial charge in [0.1, 0.15) is 16.5 Å². The summed E-state index contributed by atoms with van der Waals surface area (Å²) >= 11 is 0. The Balaban J connectivity index is 1.42. The predicted molar refractivity (Wildman–Crippen MR) is 123 cm³/mol. The van der Waals surface area contributed by atoms with E-state index < -0.39 is 26.6 Å². The van der Waals surface area contributed by atoms with Crippen LogP contribution in [-0.2, 0) is 10.0 Å². The summed E-state index contributed by atoms with van der Waals surface area (Å²) in [6.07, 6.45) is 0. The number of amides is 1. The number of pyridine rings is 1. The number of aryl methyl sites for hydroxylation is 1. The predicted octanol–water partition coefficient (Wildman–Crippen LogP) is 3.62. The number of sulfonamides is 1. The van der Waals surface area contributed by atoms with E-state index in [-0.39, 0.29) is 37.8 Å². The van der Waals surface area contributed by atoms with Gasteiger partial charge in [-0.2, -0.15) is 4.31 Å². The maximum absolute atomic E-state index is 14.1. The molecule has 0 spiro atoms. The summed E-state index contributed by atoms with van der Waals surface area (Å²) in [5, 5.41) is 4.44. The van der Waals surface area contributed by atoms with E-state index in [1.54, 1.807) is 13.0 Å². The summed E-state index contributed by atoms with van der Waals surface area (Å²) in [5.74, 6) is -2.20. The molecule has 3 heterocycles. The van der Waals surface area contributed by atoms with Gasteiger partial charge in [0.05, 0.1) is 22.3 Å². The third-order valence-electron chi connectivity index (χ3n) is 5.95. The quantitative estimate of drug-likeness (QED) is 0.426. The molecule has 0 unspecified atom stereocenters. The molecule has 0 atom stereocenters. The molecule has 35 heavy (non-hydrogen) atoms. The van der Waals surface area contributed by atoms with Crippen LogP contribution in [-0.4, -0.2) is 59.8 Å². The number of aromatic nitrogens is 2. The average molecular weight is 499 g/mol. The number of carbonyl (C=O) groups is 1. The van der Waals surface area contributed by atoms with Crippen LogP contribution < -0.4 is 0 Å². The fourth-order valence-electron chi connectivity index (χ4n) is 4.14. The fourth-order valence-corrected chi connectivity index (χ4v) is 5.63. The minimum atomic E-state index is -4.26. The number of nitrogens with zero attached hydrogens (tertiary/aromatic N) is 4. The molecule has 0 N–H and O–H groups in total.